The van der Waals surface area contributed by atoms with Crippen LogP contribution in [0, 0.1) is 20.8 Å². The molecule has 0 fully saturated rings. The summed E-state index contributed by atoms with van der Waals surface area (Å²) in [6.45, 7) is 8.14. The zero-order valence-corrected chi connectivity index (χ0v) is 14.9. The number of rotatable bonds is 5. The van der Waals surface area contributed by atoms with E-state index in [1.807, 2.05) is 31.2 Å². The Morgan fingerprint density at radius 2 is 1.75 bits per heavy atom. The number of carbonyl (C=O) groups is 2. The van der Waals surface area contributed by atoms with E-state index in [1.165, 1.54) is 5.56 Å². The lowest BCUT2D eigenvalue weighted by atomic mass is 10.1. The van der Waals surface area contributed by atoms with Gasteiger partial charge in [0.05, 0.1) is 12.2 Å². The van der Waals surface area contributed by atoms with Crippen molar-refractivity contribution >= 4 is 11.9 Å². The lowest BCUT2D eigenvalue weighted by Gasteiger charge is -2.17. The second-order valence-electron chi connectivity index (χ2n) is 5.99. The number of hydrogen-bond donors (Lipinski definition) is 1. The molecular formula is C19H24N2O3. The maximum Gasteiger partial charge on any atom is 0.340 e. The molecule has 0 atom stereocenters. The molecule has 0 spiro atoms. The molecule has 1 aromatic carbocycles. The van der Waals surface area contributed by atoms with Gasteiger partial charge in [-0.3, -0.25) is 4.79 Å². The van der Waals surface area contributed by atoms with Gasteiger partial charge < -0.3 is 14.6 Å². The molecule has 0 aliphatic rings. The maximum absolute atomic E-state index is 12.7. The van der Waals surface area contributed by atoms with E-state index in [4.69, 9.17) is 4.74 Å². The molecule has 128 valence electrons. The minimum absolute atomic E-state index is 0.147. The fourth-order valence-corrected chi connectivity index (χ4v) is 2.70. The summed E-state index contributed by atoms with van der Waals surface area (Å²) in [6, 6.07) is 8.07. The van der Waals surface area contributed by atoms with Gasteiger partial charge in [0.1, 0.15) is 5.69 Å². The average molecular weight is 328 g/mol. The number of nitrogens with zero attached hydrogens (tertiary/aromatic N) is 1. The molecular weight excluding hydrogens is 304 g/mol. The van der Waals surface area contributed by atoms with Crippen LogP contribution in [0.2, 0.25) is 0 Å². The summed E-state index contributed by atoms with van der Waals surface area (Å²) in [6.07, 6.45) is 0. The summed E-state index contributed by atoms with van der Waals surface area (Å²) >= 11 is 0. The van der Waals surface area contributed by atoms with Crippen molar-refractivity contribution in [1.82, 2.24) is 9.88 Å². The molecule has 0 aliphatic carbocycles. The molecule has 0 saturated heterocycles. The first-order chi connectivity index (χ1) is 11.3. The van der Waals surface area contributed by atoms with E-state index in [9.17, 15) is 9.59 Å². The first-order valence-electron chi connectivity index (χ1n) is 8.02. The van der Waals surface area contributed by atoms with Gasteiger partial charge in [0.15, 0.2) is 0 Å². The van der Waals surface area contributed by atoms with Gasteiger partial charge in [-0.1, -0.05) is 29.8 Å². The number of amides is 1. The summed E-state index contributed by atoms with van der Waals surface area (Å²) in [5.74, 6) is -0.546. The predicted octanol–water partition coefficient (Wildman–Crippen LogP) is 3.39. The van der Waals surface area contributed by atoms with Gasteiger partial charge in [-0.2, -0.15) is 0 Å². The highest BCUT2D eigenvalue weighted by Crippen LogP contribution is 2.21. The molecule has 0 bridgehead atoms. The van der Waals surface area contributed by atoms with Gasteiger partial charge in [0, 0.05) is 19.3 Å². The van der Waals surface area contributed by atoms with Crippen LogP contribution >= 0.6 is 0 Å². The smallest absolute Gasteiger partial charge is 0.340 e. The Morgan fingerprint density at radius 3 is 2.33 bits per heavy atom. The van der Waals surface area contributed by atoms with E-state index >= 15 is 0 Å². The Kier molecular flexibility index (Phi) is 5.44. The predicted molar refractivity (Wildman–Crippen MR) is 93.2 cm³/mol. The van der Waals surface area contributed by atoms with Crippen LogP contribution in [0.3, 0.4) is 0 Å². The number of nitrogens with one attached hydrogen (secondary N) is 1. The Labute approximate surface area is 142 Å². The fourth-order valence-electron chi connectivity index (χ4n) is 2.70. The highest BCUT2D eigenvalue weighted by Gasteiger charge is 2.24. The van der Waals surface area contributed by atoms with Crippen molar-refractivity contribution in [3.8, 4) is 0 Å². The van der Waals surface area contributed by atoms with Crippen LogP contribution < -0.4 is 0 Å². The van der Waals surface area contributed by atoms with Gasteiger partial charge >= 0.3 is 5.97 Å². The second-order valence-corrected chi connectivity index (χ2v) is 5.99. The number of carbonyl (C=O) groups excluding carboxylic acids is 2. The highest BCUT2D eigenvalue weighted by molar-refractivity contribution is 6.00. The van der Waals surface area contributed by atoms with Crippen LogP contribution in [0.15, 0.2) is 24.3 Å². The molecule has 1 aromatic heterocycles. The lowest BCUT2D eigenvalue weighted by Crippen LogP contribution is -2.27. The lowest BCUT2D eigenvalue weighted by molar-refractivity contribution is 0.0525. The van der Waals surface area contributed by atoms with Gasteiger partial charge in [0.25, 0.3) is 5.91 Å². The molecule has 2 rings (SSSR count). The van der Waals surface area contributed by atoms with Crippen molar-refractivity contribution in [2.75, 3.05) is 13.7 Å². The molecule has 0 aliphatic heterocycles. The number of hydrogen-bond acceptors (Lipinski definition) is 3. The molecule has 5 nitrogen and oxygen atoms in total. The van der Waals surface area contributed by atoms with Crippen molar-refractivity contribution in [3.63, 3.8) is 0 Å². The van der Waals surface area contributed by atoms with Crippen LogP contribution in [0.4, 0.5) is 0 Å². The molecule has 1 N–H and O–H groups in total. The number of aromatic amines is 1. The van der Waals surface area contributed by atoms with Crippen molar-refractivity contribution < 1.29 is 14.3 Å². The van der Waals surface area contributed by atoms with Gasteiger partial charge in [-0.05, 0) is 38.8 Å². The van der Waals surface area contributed by atoms with E-state index in [-0.39, 0.29) is 5.91 Å². The van der Waals surface area contributed by atoms with E-state index < -0.39 is 5.97 Å². The second kappa shape index (κ2) is 7.34. The standard InChI is InChI=1S/C19H24N2O3/c1-6-24-19(23)16-13(3)17(20-14(16)4)18(22)21(5)11-15-9-7-12(2)8-10-15/h7-10,20H,6,11H2,1-5H3. The van der Waals surface area contributed by atoms with Crippen molar-refractivity contribution in [2.24, 2.45) is 0 Å². The molecule has 24 heavy (non-hydrogen) atoms. The molecule has 2 aromatic rings. The third-order valence-electron chi connectivity index (χ3n) is 4.02. The highest BCUT2D eigenvalue weighted by atomic mass is 16.5. The van der Waals surface area contributed by atoms with E-state index in [0.29, 0.717) is 35.7 Å². The largest absolute Gasteiger partial charge is 0.462 e. The first-order valence-corrected chi connectivity index (χ1v) is 8.02. The summed E-state index contributed by atoms with van der Waals surface area (Å²) in [7, 11) is 1.75. The zero-order chi connectivity index (χ0) is 17.9. The Bertz CT molecular complexity index is 745. The average Bonchev–Trinajstić information content (AvgIpc) is 2.83. The molecule has 1 amide bonds. The normalized spacial score (nSPS) is 10.5. The first kappa shape index (κ1) is 17.8. The van der Waals surface area contributed by atoms with Crippen molar-refractivity contribution in [3.05, 3.63) is 57.9 Å². The minimum atomic E-state index is -0.399. The number of esters is 1. The minimum Gasteiger partial charge on any atom is -0.462 e. The summed E-state index contributed by atoms with van der Waals surface area (Å²) < 4.78 is 5.07. The molecule has 0 radical (unpaired) electrons. The van der Waals surface area contributed by atoms with Gasteiger partial charge in [-0.25, -0.2) is 4.79 Å². The molecule has 5 heteroatoms. The van der Waals surface area contributed by atoms with Crippen LogP contribution in [0.25, 0.3) is 0 Å². The van der Waals surface area contributed by atoms with Gasteiger partial charge in [-0.15, -0.1) is 0 Å². The molecule has 0 unspecified atom stereocenters. The van der Waals surface area contributed by atoms with Crippen LogP contribution in [0.1, 0.15) is 50.2 Å². The Morgan fingerprint density at radius 1 is 1.12 bits per heavy atom. The van der Waals surface area contributed by atoms with Crippen molar-refractivity contribution in [2.45, 2.75) is 34.2 Å². The molecule has 0 saturated carbocycles. The fraction of sp³-hybridized carbons (Fsp3) is 0.368. The number of benzene rings is 1. The third-order valence-corrected chi connectivity index (χ3v) is 4.02. The number of H-pyrrole nitrogens is 1. The maximum atomic E-state index is 12.7. The summed E-state index contributed by atoms with van der Waals surface area (Å²) in [5, 5.41) is 0. The SMILES string of the molecule is CCOC(=O)c1c(C)[nH]c(C(=O)N(C)Cc2ccc(C)cc2)c1C. The Hall–Kier alpha value is -2.56. The summed E-state index contributed by atoms with van der Waals surface area (Å²) in [5.41, 5.74) is 4.41. The van der Waals surface area contributed by atoms with Crippen molar-refractivity contribution in [1.29, 1.82) is 0 Å². The van der Waals surface area contributed by atoms with Crippen LogP contribution in [0.5, 0.6) is 0 Å². The third kappa shape index (κ3) is 3.67. The van der Waals surface area contributed by atoms with Gasteiger partial charge in [0.2, 0.25) is 0 Å². The topological polar surface area (TPSA) is 62.4 Å². The van der Waals surface area contributed by atoms with Crippen LogP contribution in [-0.2, 0) is 11.3 Å². The zero-order valence-electron chi connectivity index (χ0n) is 14.9. The Balaban J connectivity index is 2.21. The quantitative estimate of drug-likeness (QED) is 0.856. The van der Waals surface area contributed by atoms with E-state index in [1.54, 1.807) is 32.7 Å². The summed E-state index contributed by atoms with van der Waals surface area (Å²) in [4.78, 5) is 29.4. The van der Waals surface area contributed by atoms with E-state index in [0.717, 1.165) is 5.56 Å². The molecule has 1 heterocycles. The number of aryl methyl sites for hydroxylation is 2. The van der Waals surface area contributed by atoms with E-state index in [2.05, 4.69) is 4.98 Å². The van der Waals surface area contributed by atoms with Crippen LogP contribution in [-0.4, -0.2) is 35.4 Å². The number of aromatic nitrogens is 1. The number of ether oxygens (including phenoxy) is 1. The monoisotopic (exact) mass is 328 g/mol.